The standard InChI is InChI=1S/C96H137IN13O30P/c1-67(25-36-86(119)120)66-141(131,132)137-51-13-22-78(94(127)128)101-83(116)34-29-70(93(125)126)60-74(112)17-3-2-9-38-99-82(115)33-28-69(92(124)102-79(95(129)130)21-8-10-39-98-81(114)24-11-15-68-26-30-72(97)31-27-68)59-75(113)37-52-134-54-56-136-58-57-135-55-53-133-50-12-18-73(111)32-35-85(118)109-61-71-16-4-5-19-76(71)91-90(77-20-6-7-23-80(77)109)103-104-110(91)41-14-40-100-84(117)62-105-42-44-106-46-48-108-49-47-107(45-43-105)64-88(122)139-96(138-87(121)63-106)140-89(123)65-108/h4-7,16,19-20,23,26-27,30-31,67,69-70,78-79,96H,2-3,8-15,17-18,21-22,24-25,28-29,32-66H2,1H3,(H,98,114)(H,99,115)(H,100,117)(H,101,116)(H,102,124)(H,119,120)(H,125,126)(H,127,128)(H,129,130)(H,131,132)/t67?,69?,70-,78+,79?/m1/s1. The van der Waals surface area contributed by atoms with Crippen LogP contribution < -0.4 is 31.5 Å². The molecule has 141 heavy (non-hydrogen) atoms. The van der Waals surface area contributed by atoms with Crippen LogP contribution in [0.25, 0.3) is 22.5 Å². The molecule has 43 nitrogen and oxygen atoms in total. The fourth-order valence-electron chi connectivity index (χ4n) is 16.3. The summed E-state index contributed by atoms with van der Waals surface area (Å²) in [7, 11) is -4.12. The molecule has 4 aliphatic heterocycles. The van der Waals surface area contributed by atoms with E-state index in [2.05, 4.69) is 59.5 Å². The number of fused-ring (bicyclic) bond motifs is 12. The van der Waals surface area contributed by atoms with Crippen molar-refractivity contribution in [3.63, 3.8) is 0 Å². The topological polar surface area (TPSA) is 572 Å². The van der Waals surface area contributed by atoms with E-state index in [9.17, 15) is 101 Å². The highest BCUT2D eigenvalue weighted by molar-refractivity contribution is 14.1. The van der Waals surface area contributed by atoms with Crippen molar-refractivity contribution in [2.45, 2.75) is 206 Å². The number of amides is 6. The summed E-state index contributed by atoms with van der Waals surface area (Å²) >= 11 is 2.22. The number of benzene rings is 3. The maximum Gasteiger partial charge on any atom is 0.412 e. The number of carbonyl (C=O) groups excluding carboxylic acids is 12. The lowest BCUT2D eigenvalue weighted by atomic mass is 9.94. The zero-order valence-corrected chi connectivity index (χ0v) is 83.3. The van der Waals surface area contributed by atoms with Crippen LogP contribution in [0.1, 0.15) is 179 Å². The van der Waals surface area contributed by atoms with E-state index in [0.717, 1.165) is 32.4 Å². The van der Waals surface area contributed by atoms with Gasteiger partial charge in [-0.3, -0.25) is 91.3 Å². The fraction of sp³-hybridized carbons (Fsp3) is 0.625. The molecule has 0 radical (unpaired) electrons. The molecule has 0 aliphatic carbocycles. The highest BCUT2D eigenvalue weighted by Gasteiger charge is 2.36. The Bertz CT molecular complexity index is 4780. The highest BCUT2D eigenvalue weighted by Crippen LogP contribution is 2.45. The minimum absolute atomic E-state index is 0.0112. The molecule has 8 rings (SSSR count). The maximum absolute atomic E-state index is 14.3. The van der Waals surface area contributed by atoms with Crippen molar-refractivity contribution in [1.29, 1.82) is 0 Å². The van der Waals surface area contributed by atoms with Gasteiger partial charge in [-0.15, -0.1) is 5.10 Å². The van der Waals surface area contributed by atoms with Gasteiger partial charge in [-0.2, -0.15) is 0 Å². The number of aromatic nitrogens is 3. The highest BCUT2D eigenvalue weighted by atomic mass is 127. The Balaban J connectivity index is 0.691. The van der Waals surface area contributed by atoms with Crippen molar-refractivity contribution in [2.75, 3.05) is 169 Å². The molecule has 45 heteroatoms. The molecule has 778 valence electrons. The molecule has 10 N–H and O–H groups in total. The number of nitrogens with one attached hydrogen (secondary N) is 5. The second kappa shape index (κ2) is 63.5. The van der Waals surface area contributed by atoms with E-state index >= 15 is 0 Å². The molecule has 6 amide bonds. The number of anilines is 1. The number of hydrogen-bond acceptors (Lipinski definition) is 31. The molecule has 3 saturated heterocycles. The first-order valence-electron chi connectivity index (χ1n) is 48.5. The van der Waals surface area contributed by atoms with E-state index in [1.54, 1.807) is 11.8 Å². The number of halogens is 1. The Labute approximate surface area is 833 Å². The molecule has 8 atom stereocenters. The number of ketones is 3. The van der Waals surface area contributed by atoms with E-state index in [-0.39, 0.29) is 224 Å². The van der Waals surface area contributed by atoms with Crippen LogP contribution in [0, 0.1) is 21.3 Å². The number of Topliss-reactive ketones (excluding diaryl/α,β-unsaturated/α-hetero) is 3. The van der Waals surface area contributed by atoms with Crippen molar-refractivity contribution >= 4 is 130 Å². The summed E-state index contributed by atoms with van der Waals surface area (Å²) in [6.07, 6.45) is 2.25. The Morgan fingerprint density at radius 1 is 0.482 bits per heavy atom. The van der Waals surface area contributed by atoms with Gasteiger partial charge in [-0.05, 0) is 148 Å². The molecule has 3 fully saturated rings. The summed E-state index contributed by atoms with van der Waals surface area (Å²) in [5.74, 6) is -13.5. The predicted molar refractivity (Wildman–Crippen MR) is 517 cm³/mol. The van der Waals surface area contributed by atoms with Crippen LogP contribution in [0.5, 0.6) is 0 Å². The Morgan fingerprint density at radius 2 is 1.01 bits per heavy atom. The number of ether oxygens (including phenoxy) is 7. The van der Waals surface area contributed by atoms with E-state index in [0.29, 0.717) is 147 Å². The van der Waals surface area contributed by atoms with Crippen LogP contribution in [0.2, 0.25) is 0 Å². The lowest BCUT2D eigenvalue weighted by molar-refractivity contribution is -0.258. The lowest BCUT2D eigenvalue weighted by Gasteiger charge is -2.33. The zero-order valence-electron chi connectivity index (χ0n) is 80.2. The summed E-state index contributed by atoms with van der Waals surface area (Å²) in [5.41, 5.74) is 5.39. The summed E-state index contributed by atoms with van der Waals surface area (Å²) in [6.45, 7) is 5.41. The Hall–Kier alpha value is -10.5. The Kier molecular flexibility index (Phi) is 52.1. The average molecular weight is 2110 g/mol. The van der Waals surface area contributed by atoms with Gasteiger partial charge in [0, 0.05) is 176 Å². The van der Waals surface area contributed by atoms with Gasteiger partial charge in [0.1, 0.15) is 35.1 Å². The molecule has 0 spiro atoms. The molecule has 4 bridgehead atoms. The molecule has 5 heterocycles. The summed E-state index contributed by atoms with van der Waals surface area (Å²) in [4.78, 5) is 226. The van der Waals surface area contributed by atoms with Crippen molar-refractivity contribution in [3.8, 4) is 22.5 Å². The molecule has 4 aromatic rings. The van der Waals surface area contributed by atoms with Gasteiger partial charge in [-0.1, -0.05) is 73.2 Å². The van der Waals surface area contributed by atoms with Crippen LogP contribution in [-0.4, -0.2) is 337 Å². The first-order chi connectivity index (χ1) is 67.7. The van der Waals surface area contributed by atoms with Crippen LogP contribution in [-0.2, 0) is 138 Å². The molecular weight excluding hydrogens is 1970 g/mol. The second-order valence-electron chi connectivity index (χ2n) is 35.5. The number of nitrogens with zero attached hydrogens (tertiary/aromatic N) is 8. The van der Waals surface area contributed by atoms with Crippen LogP contribution in [0.4, 0.5) is 5.69 Å². The van der Waals surface area contributed by atoms with E-state index in [1.165, 1.54) is 0 Å². The monoisotopic (exact) mass is 2110 g/mol. The van der Waals surface area contributed by atoms with E-state index < -0.39 is 122 Å². The fourth-order valence-corrected chi connectivity index (χ4v) is 18.2. The smallest absolute Gasteiger partial charge is 0.412 e. The quantitative estimate of drug-likeness (QED) is 0.0109. The van der Waals surface area contributed by atoms with Gasteiger partial charge in [0.2, 0.25) is 35.4 Å². The van der Waals surface area contributed by atoms with Gasteiger partial charge in [0.25, 0.3) is 0 Å². The van der Waals surface area contributed by atoms with Crippen molar-refractivity contribution in [1.82, 2.24) is 61.2 Å². The number of rotatable bonds is 66. The molecular formula is C96H137IN13O30P. The minimum Gasteiger partial charge on any atom is -0.481 e. The van der Waals surface area contributed by atoms with Gasteiger partial charge < -0.3 is 94.5 Å². The Morgan fingerprint density at radius 3 is 1.65 bits per heavy atom. The van der Waals surface area contributed by atoms with Crippen LogP contribution >= 0.6 is 30.2 Å². The third-order valence-corrected chi connectivity index (χ3v) is 26.5. The summed E-state index contributed by atoms with van der Waals surface area (Å²) < 4.78 is 58.9. The number of aliphatic carboxylic acids is 4. The van der Waals surface area contributed by atoms with Crippen LogP contribution in [0.15, 0.2) is 72.8 Å². The zero-order chi connectivity index (χ0) is 102. The first kappa shape index (κ1) is 116. The second-order valence-corrected chi connectivity index (χ2v) is 38.7. The van der Waals surface area contributed by atoms with Crippen molar-refractivity contribution in [3.05, 3.63) is 87.5 Å². The number of carboxylic acid groups (broad SMARTS) is 4. The number of carboxylic acids is 4. The number of aryl methyl sites for hydroxylation is 2. The number of hydrogen-bond donors (Lipinski definition) is 10. The van der Waals surface area contributed by atoms with Crippen molar-refractivity contribution in [2.24, 2.45) is 17.8 Å². The number of unbranched alkanes of at least 4 members (excludes halogenated alkanes) is 3. The average Bonchev–Trinajstić information content (AvgIpc) is 1.63. The number of esters is 3. The van der Waals surface area contributed by atoms with Gasteiger partial charge in [0.05, 0.1) is 109 Å². The third kappa shape index (κ3) is 45.3. The van der Waals surface area contributed by atoms with Crippen molar-refractivity contribution < 1.29 is 144 Å². The minimum atomic E-state index is -4.12. The number of carbonyl (C=O) groups is 16. The maximum atomic E-state index is 14.3. The molecule has 1 aromatic heterocycles. The normalized spacial score (nSPS) is 17.6. The molecule has 0 saturated carbocycles. The molecule has 3 aromatic carbocycles. The largest absolute Gasteiger partial charge is 0.481 e. The van der Waals surface area contributed by atoms with Gasteiger partial charge >= 0.3 is 55.9 Å². The summed E-state index contributed by atoms with van der Waals surface area (Å²) in [5, 5.41) is 61.4. The molecule has 6 unspecified atom stereocenters. The number of para-hydroxylation sites is 1. The van der Waals surface area contributed by atoms with Gasteiger partial charge in [-0.25, -0.2) is 14.3 Å². The first-order valence-corrected chi connectivity index (χ1v) is 51.3. The SMILES string of the molecule is CC(CCC(=O)O)CP(=O)(O)OCCC[C@H](NC(=O)CC[C@H](CC(=O)CCCCCNC(=O)CCC(CC(=O)CCOCCOCCOCCOCCCC(=O)CCC(=O)N1Cc2ccccc2-c2c(nnn2CCCNC(=O)CN2CCN3CCN4CCN(CC2)CC(=O)OC(OC(=O)C3)OC(=O)C4)-c2ccccc21)C(=O)NC(CCCCNC(=O)CCCc1ccc(I)cc1)C(=O)O)C(=O)O)C(=O)O. The van der Waals surface area contributed by atoms with E-state index in [1.807, 2.05) is 97.1 Å². The lowest BCUT2D eigenvalue weighted by Crippen LogP contribution is -2.50. The van der Waals surface area contributed by atoms with Crippen LogP contribution in [0.3, 0.4) is 0 Å². The van der Waals surface area contributed by atoms with E-state index in [4.69, 9.17) is 42.8 Å². The molecule has 4 aliphatic rings. The predicted octanol–water partition coefficient (Wildman–Crippen LogP) is 5.72. The van der Waals surface area contributed by atoms with Gasteiger partial charge in [0.15, 0.2) is 0 Å². The third-order valence-electron chi connectivity index (χ3n) is 24.2. The summed E-state index contributed by atoms with van der Waals surface area (Å²) in [6, 6.07) is 20.4.